The number of carbonyl (C=O) groups excluding carboxylic acids is 2. The number of carbonyl (C=O) groups is 2. The van der Waals surface area contributed by atoms with Crippen LogP contribution in [0.3, 0.4) is 0 Å². The smallest absolute Gasteiger partial charge is 0.237 e. The molecule has 6 heteroatoms. The number of hydrogen-bond donors (Lipinski definition) is 2. The minimum absolute atomic E-state index is 0.0335. The highest BCUT2D eigenvalue weighted by atomic mass is 35.5. The van der Waals surface area contributed by atoms with Gasteiger partial charge in [-0.2, -0.15) is 0 Å². The number of hydrogen-bond acceptors (Lipinski definition) is 3. The van der Waals surface area contributed by atoms with Gasteiger partial charge in [-0.3, -0.25) is 9.59 Å². The number of nitrogens with one attached hydrogen (secondary N) is 2. The number of aryl methyl sites for hydroxylation is 1. The Morgan fingerprint density at radius 1 is 1.20 bits per heavy atom. The van der Waals surface area contributed by atoms with E-state index in [-0.39, 0.29) is 22.8 Å². The first kappa shape index (κ1) is 17.8. The van der Waals surface area contributed by atoms with Crippen LogP contribution in [0, 0.1) is 0 Å². The fraction of sp³-hybridized carbons (Fsp3) is 0.263. The molecule has 2 aromatic rings. The van der Waals surface area contributed by atoms with E-state index in [1.54, 1.807) is 6.07 Å². The predicted molar refractivity (Wildman–Crippen MR) is 103 cm³/mol. The van der Waals surface area contributed by atoms with Crippen LogP contribution in [0.2, 0.25) is 5.02 Å². The molecule has 0 unspecified atom stereocenters. The minimum Gasteiger partial charge on any atom is -0.351 e. The summed E-state index contributed by atoms with van der Waals surface area (Å²) in [7, 11) is 0. The van der Waals surface area contributed by atoms with Gasteiger partial charge in [0.05, 0.1) is 11.0 Å². The van der Waals surface area contributed by atoms with Gasteiger partial charge in [-0.05, 0) is 36.1 Å². The van der Waals surface area contributed by atoms with Crippen LogP contribution >= 0.6 is 23.4 Å². The number of anilines is 1. The molecule has 1 atom stereocenters. The summed E-state index contributed by atoms with van der Waals surface area (Å²) >= 11 is 7.46. The Balaban J connectivity index is 1.49. The predicted octanol–water partition coefficient (Wildman–Crippen LogP) is 3.64. The van der Waals surface area contributed by atoms with Gasteiger partial charge in [0.1, 0.15) is 0 Å². The van der Waals surface area contributed by atoms with Gasteiger partial charge < -0.3 is 10.6 Å². The van der Waals surface area contributed by atoms with Crippen molar-refractivity contribution in [2.75, 3.05) is 11.1 Å². The summed E-state index contributed by atoms with van der Waals surface area (Å²) in [6.07, 6.45) is 1.55. The molecule has 0 radical (unpaired) electrons. The van der Waals surface area contributed by atoms with Crippen LogP contribution in [0.5, 0.6) is 0 Å². The third kappa shape index (κ3) is 4.77. The number of halogens is 1. The lowest BCUT2D eigenvalue weighted by atomic mass is 10.1. The van der Waals surface area contributed by atoms with Crippen LogP contribution in [0.25, 0.3) is 0 Å². The Labute approximate surface area is 156 Å². The van der Waals surface area contributed by atoms with Crippen molar-refractivity contribution in [1.82, 2.24) is 5.32 Å². The molecular weight excluding hydrogens is 356 g/mol. The Morgan fingerprint density at radius 3 is 2.80 bits per heavy atom. The van der Waals surface area contributed by atoms with Gasteiger partial charge in [0.25, 0.3) is 0 Å². The second-order valence-corrected chi connectivity index (χ2v) is 7.45. The number of thioether (sulfide) groups is 1. The van der Waals surface area contributed by atoms with Crippen LogP contribution in [0.1, 0.15) is 17.5 Å². The average molecular weight is 375 g/mol. The molecule has 25 heavy (non-hydrogen) atoms. The summed E-state index contributed by atoms with van der Waals surface area (Å²) < 4.78 is 0. The summed E-state index contributed by atoms with van der Waals surface area (Å²) in [4.78, 5) is 24.4. The Morgan fingerprint density at radius 2 is 1.96 bits per heavy atom. The standard InChI is InChI=1S/C19H19ClN2O2S/c20-15-7-3-1-6-14(15)11-21-18(23)12-25-17-10-9-13-5-2-4-8-16(13)22-19(17)24/h1-8,17H,9-12H2,(H,21,23)(H,22,24)/t17-/m0/s1. The van der Waals surface area contributed by atoms with Crippen LogP contribution in [0.15, 0.2) is 48.5 Å². The minimum atomic E-state index is -0.224. The largest absolute Gasteiger partial charge is 0.351 e. The van der Waals surface area contributed by atoms with Gasteiger partial charge in [-0.25, -0.2) is 0 Å². The van der Waals surface area contributed by atoms with Crippen molar-refractivity contribution < 1.29 is 9.59 Å². The quantitative estimate of drug-likeness (QED) is 0.840. The third-order valence-corrected chi connectivity index (χ3v) is 5.74. The molecule has 2 amide bonds. The SMILES string of the molecule is O=C(CS[C@H]1CCc2ccccc2NC1=O)NCc1ccccc1Cl. The monoisotopic (exact) mass is 374 g/mol. The number of fused-ring (bicyclic) bond motifs is 1. The van der Waals surface area contributed by atoms with Crippen LogP contribution in [-0.2, 0) is 22.6 Å². The van der Waals surface area contributed by atoms with Gasteiger partial charge in [0.15, 0.2) is 0 Å². The first-order valence-electron chi connectivity index (χ1n) is 8.14. The number of para-hydroxylation sites is 1. The highest BCUT2D eigenvalue weighted by Crippen LogP contribution is 2.27. The Bertz CT molecular complexity index is 782. The van der Waals surface area contributed by atoms with E-state index in [0.717, 1.165) is 29.7 Å². The topological polar surface area (TPSA) is 58.2 Å². The lowest BCUT2D eigenvalue weighted by Crippen LogP contribution is -2.29. The molecule has 1 aliphatic heterocycles. The zero-order valence-corrected chi connectivity index (χ0v) is 15.2. The van der Waals surface area contributed by atoms with Gasteiger partial charge in [0.2, 0.25) is 11.8 Å². The number of rotatable bonds is 5. The maximum Gasteiger partial charge on any atom is 0.237 e. The molecule has 0 aliphatic carbocycles. The second kappa shape index (κ2) is 8.41. The molecule has 1 heterocycles. The average Bonchev–Trinajstić information content (AvgIpc) is 2.77. The van der Waals surface area contributed by atoms with Crippen molar-refractivity contribution in [1.29, 1.82) is 0 Å². The molecule has 4 nitrogen and oxygen atoms in total. The fourth-order valence-electron chi connectivity index (χ4n) is 2.71. The van der Waals surface area contributed by atoms with Crippen molar-refractivity contribution in [3.63, 3.8) is 0 Å². The third-order valence-electron chi connectivity index (χ3n) is 4.09. The van der Waals surface area contributed by atoms with E-state index >= 15 is 0 Å². The molecule has 0 bridgehead atoms. The molecule has 130 valence electrons. The molecule has 0 saturated carbocycles. The molecule has 0 fully saturated rings. The van der Waals surface area contributed by atoms with Crippen LogP contribution in [0.4, 0.5) is 5.69 Å². The van der Waals surface area contributed by atoms with E-state index in [1.165, 1.54) is 11.8 Å². The first-order chi connectivity index (χ1) is 12.1. The van der Waals surface area contributed by atoms with Crippen molar-refractivity contribution in [2.45, 2.75) is 24.6 Å². The van der Waals surface area contributed by atoms with E-state index < -0.39 is 0 Å². The Hall–Kier alpha value is -1.98. The van der Waals surface area contributed by atoms with Gasteiger partial charge in [0, 0.05) is 17.3 Å². The normalized spacial score (nSPS) is 16.5. The van der Waals surface area contributed by atoms with Gasteiger partial charge in [-0.1, -0.05) is 48.0 Å². The number of amides is 2. The lowest BCUT2D eigenvalue weighted by molar-refractivity contribution is -0.118. The van der Waals surface area contributed by atoms with Gasteiger partial charge in [-0.15, -0.1) is 11.8 Å². The van der Waals surface area contributed by atoms with E-state index in [1.807, 2.05) is 42.5 Å². The summed E-state index contributed by atoms with van der Waals surface area (Å²) in [5.41, 5.74) is 2.89. The van der Waals surface area contributed by atoms with E-state index in [4.69, 9.17) is 11.6 Å². The maximum atomic E-state index is 12.3. The number of benzene rings is 2. The lowest BCUT2D eigenvalue weighted by Gasteiger charge is -2.13. The summed E-state index contributed by atoms with van der Waals surface area (Å²) in [6.45, 7) is 0.390. The van der Waals surface area contributed by atoms with Crippen molar-refractivity contribution in [3.05, 3.63) is 64.7 Å². The molecular formula is C19H19ClN2O2S. The molecule has 2 aromatic carbocycles. The molecule has 1 aliphatic rings. The zero-order valence-electron chi connectivity index (χ0n) is 13.6. The maximum absolute atomic E-state index is 12.3. The molecule has 0 saturated heterocycles. The molecule has 0 spiro atoms. The van der Waals surface area contributed by atoms with E-state index in [0.29, 0.717) is 11.6 Å². The fourth-order valence-corrected chi connectivity index (χ4v) is 3.87. The van der Waals surface area contributed by atoms with Crippen molar-refractivity contribution >= 4 is 40.9 Å². The van der Waals surface area contributed by atoms with Gasteiger partial charge >= 0.3 is 0 Å². The second-order valence-electron chi connectivity index (χ2n) is 5.85. The first-order valence-corrected chi connectivity index (χ1v) is 9.56. The van der Waals surface area contributed by atoms with Crippen molar-refractivity contribution in [3.8, 4) is 0 Å². The molecule has 3 rings (SSSR count). The zero-order chi connectivity index (χ0) is 17.6. The van der Waals surface area contributed by atoms with Crippen LogP contribution < -0.4 is 10.6 Å². The van der Waals surface area contributed by atoms with Crippen LogP contribution in [-0.4, -0.2) is 22.8 Å². The summed E-state index contributed by atoms with van der Waals surface area (Å²) in [5.74, 6) is 0.118. The Kier molecular flexibility index (Phi) is 6.00. The summed E-state index contributed by atoms with van der Waals surface area (Å²) in [6, 6.07) is 15.2. The molecule has 2 N–H and O–H groups in total. The van der Waals surface area contributed by atoms with E-state index in [2.05, 4.69) is 10.6 Å². The highest BCUT2D eigenvalue weighted by Gasteiger charge is 2.24. The van der Waals surface area contributed by atoms with Crippen molar-refractivity contribution in [2.24, 2.45) is 0 Å². The summed E-state index contributed by atoms with van der Waals surface area (Å²) in [5, 5.41) is 6.22. The molecule has 0 aromatic heterocycles. The highest BCUT2D eigenvalue weighted by molar-refractivity contribution is 8.01. The van der Waals surface area contributed by atoms with E-state index in [9.17, 15) is 9.59 Å².